The second kappa shape index (κ2) is 9.13. The van der Waals surface area contributed by atoms with Gasteiger partial charge in [-0.2, -0.15) is 0 Å². The van der Waals surface area contributed by atoms with Crippen LogP contribution >= 0.6 is 0 Å². The number of aromatic nitrogens is 1. The summed E-state index contributed by atoms with van der Waals surface area (Å²) in [4.78, 5) is 29.4. The Morgan fingerprint density at radius 2 is 1.68 bits per heavy atom. The molecule has 0 spiro atoms. The average molecular weight is 377 g/mol. The molecule has 28 heavy (non-hydrogen) atoms. The van der Waals surface area contributed by atoms with Crippen LogP contribution in [-0.4, -0.2) is 30.1 Å². The first-order chi connectivity index (χ1) is 13.6. The van der Waals surface area contributed by atoms with E-state index < -0.39 is 18.5 Å². The molecule has 0 radical (unpaired) electrons. The zero-order valence-corrected chi connectivity index (χ0v) is 16.1. The molecule has 0 saturated heterocycles. The van der Waals surface area contributed by atoms with Crippen LogP contribution < -0.4 is 0 Å². The van der Waals surface area contributed by atoms with Crippen LogP contribution in [0.15, 0.2) is 54.6 Å². The molecule has 0 unspecified atom stereocenters. The topological polar surface area (TPSA) is 65.5 Å². The highest BCUT2D eigenvalue weighted by Gasteiger charge is 2.21. The number of hydrogen-bond donors (Lipinski definition) is 0. The summed E-state index contributed by atoms with van der Waals surface area (Å²) >= 11 is 0. The summed E-state index contributed by atoms with van der Waals surface area (Å²) in [6.45, 7) is 3.79. The van der Waals surface area contributed by atoms with Gasteiger partial charge in [0, 0.05) is 10.9 Å². The summed E-state index contributed by atoms with van der Waals surface area (Å²) in [5.74, 6) is -1.10. The smallest absolute Gasteiger partial charge is 0.344 e. The van der Waals surface area contributed by atoms with Crippen molar-refractivity contribution >= 4 is 22.8 Å². The lowest BCUT2D eigenvalue weighted by Gasteiger charge is -2.14. The first-order valence-corrected chi connectivity index (χ1v) is 9.39. The summed E-state index contributed by atoms with van der Waals surface area (Å²) < 4.78 is 10.3. The Bertz CT molecular complexity index is 983. The van der Waals surface area contributed by atoms with Gasteiger partial charge in [0.2, 0.25) is 0 Å². The molecule has 1 aromatic heterocycles. The zero-order valence-electron chi connectivity index (χ0n) is 16.1. The number of carbonyl (C=O) groups excluding carboxylic acids is 2. The highest BCUT2D eigenvalue weighted by molar-refractivity contribution is 6.06. The van der Waals surface area contributed by atoms with Crippen molar-refractivity contribution in [2.75, 3.05) is 13.2 Å². The summed E-state index contributed by atoms with van der Waals surface area (Å²) in [5, 5.41) is 0.698. The van der Waals surface area contributed by atoms with Crippen molar-refractivity contribution in [2.24, 2.45) is 0 Å². The molecule has 0 N–H and O–H groups in total. The molecule has 0 fully saturated rings. The van der Waals surface area contributed by atoms with Crippen LogP contribution in [0.4, 0.5) is 0 Å². The molecule has 144 valence electrons. The lowest BCUT2D eigenvalue weighted by Crippen LogP contribution is -2.18. The third-order valence-corrected chi connectivity index (χ3v) is 4.47. The number of unbranched alkanes of at least 4 members (excludes halogenated alkanes) is 1. The van der Waals surface area contributed by atoms with Gasteiger partial charge in [-0.05, 0) is 25.0 Å². The van der Waals surface area contributed by atoms with Gasteiger partial charge in [0.15, 0.2) is 6.61 Å². The molecule has 2 aromatic carbocycles. The molecule has 0 amide bonds. The Morgan fingerprint density at radius 1 is 0.964 bits per heavy atom. The number of pyridine rings is 1. The molecule has 5 heteroatoms. The van der Waals surface area contributed by atoms with E-state index in [0.29, 0.717) is 28.6 Å². The van der Waals surface area contributed by atoms with Gasteiger partial charge in [-0.3, -0.25) is 0 Å². The summed E-state index contributed by atoms with van der Waals surface area (Å²) in [5.41, 5.74) is 3.47. The lowest BCUT2D eigenvalue weighted by atomic mass is 9.98. The van der Waals surface area contributed by atoms with Crippen molar-refractivity contribution in [3.8, 4) is 11.3 Å². The van der Waals surface area contributed by atoms with Crippen LogP contribution in [0.25, 0.3) is 22.2 Å². The largest absolute Gasteiger partial charge is 0.463 e. The summed E-state index contributed by atoms with van der Waals surface area (Å²) in [7, 11) is 0. The molecule has 1 heterocycles. The molecule has 0 bridgehead atoms. The van der Waals surface area contributed by atoms with Crippen molar-refractivity contribution in [2.45, 2.75) is 26.7 Å². The maximum atomic E-state index is 12.8. The maximum Gasteiger partial charge on any atom is 0.344 e. The first kappa shape index (κ1) is 19.5. The molecule has 5 nitrogen and oxygen atoms in total. The molecule has 0 saturated carbocycles. The van der Waals surface area contributed by atoms with Crippen molar-refractivity contribution in [1.82, 2.24) is 4.98 Å². The fourth-order valence-electron chi connectivity index (χ4n) is 3.02. The third kappa shape index (κ3) is 4.36. The fourth-order valence-corrected chi connectivity index (χ4v) is 3.02. The SMILES string of the molecule is CCCCOC(=O)COC(=O)c1c(C)c(-c2ccccc2)nc2ccccc12. The summed E-state index contributed by atoms with van der Waals surface area (Å²) in [6, 6.07) is 17.1. The Labute approximate surface area is 164 Å². The van der Waals surface area contributed by atoms with E-state index in [0.717, 1.165) is 24.1 Å². The minimum absolute atomic E-state index is 0.336. The highest BCUT2D eigenvalue weighted by Crippen LogP contribution is 2.30. The van der Waals surface area contributed by atoms with E-state index in [1.165, 1.54) is 0 Å². The molecule has 3 rings (SSSR count). The number of rotatable bonds is 7. The van der Waals surface area contributed by atoms with Crippen LogP contribution in [0.1, 0.15) is 35.7 Å². The van der Waals surface area contributed by atoms with Crippen LogP contribution in [0.3, 0.4) is 0 Å². The number of para-hydroxylation sites is 1. The van der Waals surface area contributed by atoms with Gasteiger partial charge in [-0.25, -0.2) is 14.6 Å². The van der Waals surface area contributed by atoms with E-state index in [-0.39, 0.29) is 0 Å². The second-order valence-electron chi connectivity index (χ2n) is 6.49. The minimum Gasteiger partial charge on any atom is -0.463 e. The predicted octanol–water partition coefficient (Wildman–Crippen LogP) is 4.71. The van der Waals surface area contributed by atoms with Crippen LogP contribution in [-0.2, 0) is 14.3 Å². The van der Waals surface area contributed by atoms with Crippen molar-refractivity contribution < 1.29 is 19.1 Å². The second-order valence-corrected chi connectivity index (χ2v) is 6.49. The van der Waals surface area contributed by atoms with Crippen LogP contribution in [0.2, 0.25) is 0 Å². The maximum absolute atomic E-state index is 12.8. The lowest BCUT2D eigenvalue weighted by molar-refractivity contribution is -0.147. The predicted molar refractivity (Wildman–Crippen MR) is 108 cm³/mol. The average Bonchev–Trinajstić information content (AvgIpc) is 2.72. The van der Waals surface area contributed by atoms with Gasteiger partial charge in [0.25, 0.3) is 0 Å². The number of carbonyl (C=O) groups is 2. The standard InChI is InChI=1S/C23H23NO4/c1-3-4-14-27-20(25)15-28-23(26)21-16(2)22(17-10-6-5-7-11-17)24-19-13-9-8-12-18(19)21/h5-13H,3-4,14-15H2,1-2H3. The van der Waals surface area contributed by atoms with Crippen LogP contribution in [0.5, 0.6) is 0 Å². The monoisotopic (exact) mass is 377 g/mol. The van der Waals surface area contributed by atoms with E-state index >= 15 is 0 Å². The van der Waals surface area contributed by atoms with E-state index in [1.54, 1.807) is 0 Å². The summed E-state index contributed by atoms with van der Waals surface area (Å²) in [6.07, 6.45) is 1.71. The van der Waals surface area contributed by atoms with Gasteiger partial charge in [-0.1, -0.05) is 61.9 Å². The Balaban J connectivity index is 1.92. The van der Waals surface area contributed by atoms with E-state index in [1.807, 2.05) is 68.4 Å². The van der Waals surface area contributed by atoms with E-state index in [2.05, 4.69) is 0 Å². The number of nitrogens with zero attached hydrogens (tertiary/aromatic N) is 1. The van der Waals surface area contributed by atoms with Gasteiger partial charge in [0.1, 0.15) is 0 Å². The number of benzene rings is 2. The Morgan fingerprint density at radius 3 is 2.43 bits per heavy atom. The number of esters is 2. The Kier molecular flexibility index (Phi) is 6.37. The van der Waals surface area contributed by atoms with Gasteiger partial charge in [-0.15, -0.1) is 0 Å². The molecule has 0 atom stereocenters. The van der Waals surface area contributed by atoms with E-state index in [9.17, 15) is 9.59 Å². The normalized spacial score (nSPS) is 10.6. The first-order valence-electron chi connectivity index (χ1n) is 9.39. The number of hydrogen-bond acceptors (Lipinski definition) is 5. The van der Waals surface area contributed by atoms with Crippen molar-refractivity contribution in [1.29, 1.82) is 0 Å². The van der Waals surface area contributed by atoms with Crippen molar-refractivity contribution in [3.63, 3.8) is 0 Å². The zero-order chi connectivity index (χ0) is 19.9. The number of ether oxygens (including phenoxy) is 2. The fraction of sp³-hybridized carbons (Fsp3) is 0.261. The molecule has 0 aliphatic carbocycles. The Hall–Kier alpha value is -3.21. The molecular formula is C23H23NO4. The highest BCUT2D eigenvalue weighted by atomic mass is 16.6. The molecular weight excluding hydrogens is 354 g/mol. The van der Waals surface area contributed by atoms with Crippen molar-refractivity contribution in [3.05, 3.63) is 65.7 Å². The molecule has 0 aliphatic rings. The third-order valence-electron chi connectivity index (χ3n) is 4.47. The number of fused-ring (bicyclic) bond motifs is 1. The van der Waals surface area contributed by atoms with Crippen LogP contribution in [0, 0.1) is 6.92 Å². The quantitative estimate of drug-likeness (QED) is 0.441. The van der Waals surface area contributed by atoms with E-state index in [4.69, 9.17) is 14.5 Å². The van der Waals surface area contributed by atoms with Gasteiger partial charge >= 0.3 is 11.9 Å². The molecule has 3 aromatic rings. The van der Waals surface area contributed by atoms with Gasteiger partial charge < -0.3 is 9.47 Å². The minimum atomic E-state index is -0.555. The van der Waals surface area contributed by atoms with Gasteiger partial charge in [0.05, 0.1) is 23.4 Å². The molecule has 0 aliphatic heterocycles.